The van der Waals surface area contributed by atoms with Crippen LogP contribution in [-0.4, -0.2) is 15.3 Å². The van der Waals surface area contributed by atoms with Crippen LogP contribution in [0.15, 0.2) is 12.4 Å². The van der Waals surface area contributed by atoms with Crippen molar-refractivity contribution in [3.05, 3.63) is 18.2 Å². The Bertz CT molecular complexity index is 420. The fourth-order valence-corrected chi connectivity index (χ4v) is 3.14. The van der Waals surface area contributed by atoms with E-state index in [1.165, 1.54) is 19.3 Å². The molecule has 0 N–H and O–H groups in total. The molecule has 1 aliphatic carbocycles. The molecule has 1 unspecified atom stereocenters. The molecule has 1 aliphatic rings. The van der Waals surface area contributed by atoms with Gasteiger partial charge in [0.15, 0.2) is 0 Å². The third kappa shape index (κ3) is 2.82. The minimum absolute atomic E-state index is 0.191. The predicted molar refractivity (Wildman–Crippen MR) is 72.3 cm³/mol. The maximum absolute atomic E-state index is 12.4. The van der Waals surface area contributed by atoms with E-state index in [0.717, 1.165) is 18.7 Å². The number of nitrogens with zero attached hydrogens (tertiary/aromatic N) is 2. The average molecular weight is 248 g/mol. The Hall–Kier alpha value is -1.12. The zero-order chi connectivity index (χ0) is 13.2. The van der Waals surface area contributed by atoms with Crippen molar-refractivity contribution in [2.24, 2.45) is 18.4 Å². The van der Waals surface area contributed by atoms with Crippen LogP contribution < -0.4 is 0 Å². The van der Waals surface area contributed by atoms with Gasteiger partial charge in [0.1, 0.15) is 11.6 Å². The Morgan fingerprint density at radius 1 is 1.50 bits per heavy atom. The van der Waals surface area contributed by atoms with Gasteiger partial charge in [-0.25, -0.2) is 4.98 Å². The van der Waals surface area contributed by atoms with Gasteiger partial charge in [-0.1, -0.05) is 26.7 Å². The number of carbonyl (C=O) groups is 1. The van der Waals surface area contributed by atoms with Gasteiger partial charge in [0.05, 0.1) is 0 Å². The molecule has 2 rings (SSSR count). The number of hydrogen-bond donors (Lipinski definition) is 0. The van der Waals surface area contributed by atoms with Crippen LogP contribution in [0.5, 0.6) is 0 Å². The van der Waals surface area contributed by atoms with E-state index in [0.29, 0.717) is 12.2 Å². The Morgan fingerprint density at radius 3 is 2.89 bits per heavy atom. The van der Waals surface area contributed by atoms with Gasteiger partial charge in [-0.2, -0.15) is 0 Å². The standard InChI is InChI=1S/C15H24N2O/c1-15(2)9-5-4-6-12(15)13(18)7-8-14-16-10-11-17(14)3/h10-12H,4-9H2,1-3H3. The van der Waals surface area contributed by atoms with Crippen LogP contribution in [-0.2, 0) is 18.3 Å². The first-order valence-electron chi connectivity index (χ1n) is 6.99. The smallest absolute Gasteiger partial charge is 0.136 e. The summed E-state index contributed by atoms with van der Waals surface area (Å²) in [6, 6.07) is 0. The minimum atomic E-state index is 0.191. The summed E-state index contributed by atoms with van der Waals surface area (Å²) in [5, 5.41) is 0. The molecule has 0 radical (unpaired) electrons. The molecule has 1 heterocycles. The first kappa shape index (κ1) is 13.3. The van der Waals surface area contributed by atoms with E-state index in [9.17, 15) is 4.79 Å². The molecule has 18 heavy (non-hydrogen) atoms. The molecule has 0 saturated heterocycles. The molecule has 1 atom stereocenters. The third-order valence-corrected chi connectivity index (χ3v) is 4.41. The van der Waals surface area contributed by atoms with Crippen LogP contribution in [0, 0.1) is 11.3 Å². The molecule has 1 aromatic rings. The van der Waals surface area contributed by atoms with Gasteiger partial charge in [-0.15, -0.1) is 0 Å². The van der Waals surface area contributed by atoms with Crippen molar-refractivity contribution in [2.75, 3.05) is 0 Å². The average Bonchev–Trinajstić information content (AvgIpc) is 2.71. The monoisotopic (exact) mass is 248 g/mol. The van der Waals surface area contributed by atoms with Crippen molar-refractivity contribution >= 4 is 5.78 Å². The SMILES string of the molecule is Cn1ccnc1CCC(=O)C1CCCCC1(C)C. The summed E-state index contributed by atoms with van der Waals surface area (Å²) in [5.74, 6) is 1.70. The highest BCUT2D eigenvalue weighted by atomic mass is 16.1. The second-order valence-corrected chi connectivity index (χ2v) is 6.21. The van der Waals surface area contributed by atoms with Gasteiger partial charge in [-0.3, -0.25) is 4.79 Å². The highest BCUT2D eigenvalue weighted by molar-refractivity contribution is 5.82. The first-order valence-corrected chi connectivity index (χ1v) is 6.99. The number of aryl methyl sites for hydroxylation is 2. The predicted octanol–water partition coefficient (Wildman–Crippen LogP) is 3.14. The number of aromatic nitrogens is 2. The molecule has 0 aliphatic heterocycles. The molecular formula is C15H24N2O. The number of carbonyl (C=O) groups excluding carboxylic acids is 1. The van der Waals surface area contributed by atoms with E-state index < -0.39 is 0 Å². The lowest BCUT2D eigenvalue weighted by molar-refractivity contribution is -0.128. The molecule has 0 amide bonds. The molecule has 1 aromatic heterocycles. The molecule has 3 heteroatoms. The number of hydrogen-bond acceptors (Lipinski definition) is 2. The Balaban J connectivity index is 1.93. The van der Waals surface area contributed by atoms with Crippen molar-refractivity contribution in [3.63, 3.8) is 0 Å². The van der Waals surface area contributed by atoms with Gasteiger partial charge in [0.25, 0.3) is 0 Å². The summed E-state index contributed by atoms with van der Waals surface area (Å²) >= 11 is 0. The van der Waals surface area contributed by atoms with Crippen molar-refractivity contribution in [1.82, 2.24) is 9.55 Å². The maximum Gasteiger partial charge on any atom is 0.136 e. The van der Waals surface area contributed by atoms with Crippen molar-refractivity contribution in [1.29, 1.82) is 0 Å². The Labute approximate surface area is 110 Å². The lowest BCUT2D eigenvalue weighted by Crippen LogP contribution is -2.34. The largest absolute Gasteiger partial charge is 0.338 e. The van der Waals surface area contributed by atoms with Gasteiger partial charge < -0.3 is 4.57 Å². The number of imidazole rings is 1. The van der Waals surface area contributed by atoms with Crippen LogP contribution in [0.25, 0.3) is 0 Å². The summed E-state index contributed by atoms with van der Waals surface area (Å²) in [7, 11) is 1.98. The van der Waals surface area contributed by atoms with E-state index in [-0.39, 0.29) is 11.3 Å². The zero-order valence-corrected chi connectivity index (χ0v) is 11.8. The molecule has 0 aromatic carbocycles. The van der Waals surface area contributed by atoms with E-state index in [2.05, 4.69) is 18.8 Å². The van der Waals surface area contributed by atoms with E-state index >= 15 is 0 Å². The van der Waals surface area contributed by atoms with Crippen molar-refractivity contribution < 1.29 is 4.79 Å². The number of rotatable bonds is 4. The Morgan fingerprint density at radius 2 is 2.28 bits per heavy atom. The lowest BCUT2D eigenvalue weighted by Gasteiger charge is -2.37. The second-order valence-electron chi connectivity index (χ2n) is 6.21. The van der Waals surface area contributed by atoms with Crippen LogP contribution >= 0.6 is 0 Å². The second kappa shape index (κ2) is 5.25. The molecule has 0 bridgehead atoms. The number of Topliss-reactive ketones (excluding diaryl/α,β-unsaturated/α-hetero) is 1. The number of ketones is 1. The van der Waals surface area contributed by atoms with Gasteiger partial charge in [-0.05, 0) is 18.3 Å². The summed E-state index contributed by atoms with van der Waals surface area (Å²) in [5.41, 5.74) is 0.191. The molecule has 1 saturated carbocycles. The third-order valence-electron chi connectivity index (χ3n) is 4.41. The van der Waals surface area contributed by atoms with Gasteiger partial charge in [0, 0.05) is 38.2 Å². The highest BCUT2D eigenvalue weighted by Gasteiger charge is 2.36. The fourth-order valence-electron chi connectivity index (χ4n) is 3.14. The molecule has 3 nitrogen and oxygen atoms in total. The first-order chi connectivity index (χ1) is 8.50. The molecule has 1 fully saturated rings. The van der Waals surface area contributed by atoms with E-state index in [1.54, 1.807) is 6.20 Å². The van der Waals surface area contributed by atoms with Crippen LogP contribution in [0.2, 0.25) is 0 Å². The maximum atomic E-state index is 12.4. The summed E-state index contributed by atoms with van der Waals surface area (Å²) in [6.07, 6.45) is 9.89. The van der Waals surface area contributed by atoms with Crippen molar-refractivity contribution in [3.8, 4) is 0 Å². The van der Waals surface area contributed by atoms with Crippen LogP contribution in [0.3, 0.4) is 0 Å². The van der Waals surface area contributed by atoms with Gasteiger partial charge >= 0.3 is 0 Å². The Kier molecular flexibility index (Phi) is 3.88. The summed E-state index contributed by atoms with van der Waals surface area (Å²) in [6.45, 7) is 4.49. The van der Waals surface area contributed by atoms with Gasteiger partial charge in [0.2, 0.25) is 0 Å². The van der Waals surface area contributed by atoms with E-state index in [4.69, 9.17) is 0 Å². The molecular weight excluding hydrogens is 224 g/mol. The van der Waals surface area contributed by atoms with Crippen LogP contribution in [0.4, 0.5) is 0 Å². The highest BCUT2D eigenvalue weighted by Crippen LogP contribution is 2.41. The topological polar surface area (TPSA) is 34.9 Å². The molecule has 0 spiro atoms. The van der Waals surface area contributed by atoms with E-state index in [1.807, 2.05) is 17.8 Å². The molecule has 100 valence electrons. The lowest BCUT2D eigenvalue weighted by atomic mass is 9.66. The van der Waals surface area contributed by atoms with Crippen LogP contribution in [0.1, 0.15) is 51.8 Å². The normalized spacial score (nSPS) is 22.9. The quantitative estimate of drug-likeness (QED) is 0.820. The summed E-state index contributed by atoms with van der Waals surface area (Å²) < 4.78 is 2.00. The minimum Gasteiger partial charge on any atom is -0.338 e. The zero-order valence-electron chi connectivity index (χ0n) is 11.8. The summed E-state index contributed by atoms with van der Waals surface area (Å²) in [4.78, 5) is 16.7. The van der Waals surface area contributed by atoms with Crippen molar-refractivity contribution in [2.45, 2.75) is 52.4 Å². The fraction of sp³-hybridized carbons (Fsp3) is 0.733.